The number of ether oxygens (including phenoxy) is 1. The number of nitrogen functional groups attached to an aromatic ring is 1. The van der Waals surface area contributed by atoms with E-state index in [1.165, 1.54) is 16.8 Å². The number of aliphatic hydroxyl groups is 2. The Kier molecular flexibility index (Phi) is 3.17. The van der Waals surface area contributed by atoms with Crippen molar-refractivity contribution in [3.63, 3.8) is 0 Å². The summed E-state index contributed by atoms with van der Waals surface area (Å²) < 4.78 is 21.4. The maximum atomic E-state index is 14.9. The van der Waals surface area contributed by atoms with Crippen molar-refractivity contribution in [2.24, 2.45) is 0 Å². The zero-order valence-corrected chi connectivity index (χ0v) is 11.2. The largest absolute Gasteiger partial charge is 0.394 e. The van der Waals surface area contributed by atoms with E-state index in [-0.39, 0.29) is 17.0 Å². The number of terminal acetylenes is 1. The zero-order valence-electron chi connectivity index (χ0n) is 11.2. The Morgan fingerprint density at radius 3 is 3.05 bits per heavy atom. The standard InChI is InChI=1S/C13H13FN4O4/c1-2-13(14)8(20)7(5-19)22-11(13)18-4-3-6-9(18)16-12(15)17-10(6)21/h1,3-4,7-8,11,19-20H,5H2,(H3,15,16,17,21). The van der Waals surface area contributed by atoms with Gasteiger partial charge in [-0.05, 0) is 6.07 Å². The second kappa shape index (κ2) is 4.81. The lowest BCUT2D eigenvalue weighted by Crippen LogP contribution is -2.42. The van der Waals surface area contributed by atoms with E-state index in [4.69, 9.17) is 22.0 Å². The van der Waals surface area contributed by atoms with Gasteiger partial charge >= 0.3 is 0 Å². The fourth-order valence-corrected chi connectivity index (χ4v) is 2.57. The number of alkyl halides is 1. The van der Waals surface area contributed by atoms with Gasteiger partial charge in [-0.3, -0.25) is 9.78 Å². The first-order valence-electron chi connectivity index (χ1n) is 6.39. The summed E-state index contributed by atoms with van der Waals surface area (Å²) in [5.41, 5.74) is 2.47. The quantitative estimate of drug-likeness (QED) is 0.522. The van der Waals surface area contributed by atoms with E-state index in [1.807, 2.05) is 5.92 Å². The smallest absolute Gasteiger partial charge is 0.261 e. The van der Waals surface area contributed by atoms with Crippen molar-refractivity contribution in [2.75, 3.05) is 12.3 Å². The number of fused-ring (bicyclic) bond motifs is 1. The Hall–Kier alpha value is -2.41. The molecule has 0 radical (unpaired) electrons. The average molecular weight is 308 g/mol. The van der Waals surface area contributed by atoms with Crippen LogP contribution < -0.4 is 11.3 Å². The minimum atomic E-state index is -2.58. The van der Waals surface area contributed by atoms with Crippen LogP contribution in [0.1, 0.15) is 6.23 Å². The van der Waals surface area contributed by atoms with Gasteiger partial charge in [0.2, 0.25) is 11.6 Å². The maximum absolute atomic E-state index is 14.9. The van der Waals surface area contributed by atoms with Gasteiger partial charge in [-0.2, -0.15) is 4.98 Å². The number of aromatic amines is 1. The Morgan fingerprint density at radius 1 is 1.68 bits per heavy atom. The molecule has 0 aliphatic carbocycles. The average Bonchev–Trinajstić information content (AvgIpc) is 3.00. The molecule has 0 aromatic carbocycles. The summed E-state index contributed by atoms with van der Waals surface area (Å²) in [5.74, 6) is 1.72. The normalized spacial score (nSPS) is 31.5. The third-order valence-electron chi connectivity index (χ3n) is 3.70. The number of nitrogens with two attached hydrogens (primary N) is 1. The predicted molar refractivity (Wildman–Crippen MR) is 74.4 cm³/mol. The van der Waals surface area contributed by atoms with Crippen molar-refractivity contribution in [1.82, 2.24) is 14.5 Å². The SMILES string of the molecule is C#CC1(F)C(O)C(CO)OC1n1ccc2c(=O)[nH]c(N)nc21. The predicted octanol–water partition coefficient (Wildman–Crippen LogP) is -1.10. The van der Waals surface area contributed by atoms with Gasteiger partial charge in [0.25, 0.3) is 5.56 Å². The Labute approximate surface area is 123 Å². The van der Waals surface area contributed by atoms with Crippen LogP contribution in [0, 0.1) is 12.3 Å². The fourth-order valence-electron chi connectivity index (χ4n) is 2.57. The van der Waals surface area contributed by atoms with Gasteiger partial charge in [-0.25, -0.2) is 4.39 Å². The number of aromatic nitrogens is 3. The number of nitrogens with one attached hydrogen (secondary N) is 1. The molecule has 4 unspecified atom stereocenters. The molecule has 116 valence electrons. The van der Waals surface area contributed by atoms with Gasteiger partial charge in [0.15, 0.2) is 11.9 Å². The Morgan fingerprint density at radius 2 is 2.41 bits per heavy atom. The van der Waals surface area contributed by atoms with Gasteiger partial charge < -0.3 is 25.3 Å². The number of rotatable bonds is 2. The van der Waals surface area contributed by atoms with E-state index in [2.05, 4.69) is 9.97 Å². The van der Waals surface area contributed by atoms with Crippen molar-refractivity contribution in [3.8, 4) is 12.3 Å². The maximum Gasteiger partial charge on any atom is 0.261 e. The third-order valence-corrected chi connectivity index (χ3v) is 3.70. The lowest BCUT2D eigenvalue weighted by atomic mass is 9.97. The van der Waals surface area contributed by atoms with Crippen molar-refractivity contribution < 1.29 is 19.3 Å². The second-order valence-electron chi connectivity index (χ2n) is 4.98. The zero-order chi connectivity index (χ0) is 16.1. The minimum absolute atomic E-state index is 0.0642. The van der Waals surface area contributed by atoms with E-state index < -0.39 is 36.3 Å². The van der Waals surface area contributed by atoms with Crippen LogP contribution in [0.3, 0.4) is 0 Å². The molecule has 3 heterocycles. The lowest BCUT2D eigenvalue weighted by molar-refractivity contribution is -0.0501. The van der Waals surface area contributed by atoms with Crippen LogP contribution in [-0.2, 0) is 4.74 Å². The number of nitrogens with zero attached hydrogens (tertiary/aromatic N) is 2. The second-order valence-corrected chi connectivity index (χ2v) is 4.98. The summed E-state index contributed by atoms with van der Waals surface area (Å²) in [6.45, 7) is -0.611. The molecule has 8 nitrogen and oxygen atoms in total. The van der Waals surface area contributed by atoms with Crippen LogP contribution in [0.5, 0.6) is 0 Å². The van der Waals surface area contributed by atoms with Crippen LogP contribution in [0.15, 0.2) is 17.1 Å². The number of hydrogen-bond acceptors (Lipinski definition) is 6. The Bertz CT molecular complexity index is 826. The molecule has 0 amide bonds. The number of aliphatic hydroxyl groups excluding tert-OH is 2. The molecule has 0 spiro atoms. The molecular formula is C13H13FN4O4. The molecule has 1 aliphatic rings. The molecule has 3 rings (SSSR count). The van der Waals surface area contributed by atoms with Gasteiger partial charge in [0, 0.05) is 6.20 Å². The van der Waals surface area contributed by atoms with E-state index in [0.717, 1.165) is 0 Å². The molecule has 1 saturated heterocycles. The molecule has 4 atom stereocenters. The molecule has 22 heavy (non-hydrogen) atoms. The molecule has 0 bridgehead atoms. The van der Waals surface area contributed by atoms with Crippen molar-refractivity contribution in [3.05, 3.63) is 22.6 Å². The molecular weight excluding hydrogens is 295 g/mol. The monoisotopic (exact) mass is 308 g/mol. The first kappa shape index (κ1) is 14.5. The highest BCUT2D eigenvalue weighted by atomic mass is 19.1. The van der Waals surface area contributed by atoms with E-state index in [9.17, 15) is 14.3 Å². The van der Waals surface area contributed by atoms with Crippen LogP contribution in [0.4, 0.5) is 10.3 Å². The summed E-state index contributed by atoms with van der Waals surface area (Å²) in [6.07, 6.45) is 2.20. The van der Waals surface area contributed by atoms with Crippen molar-refractivity contribution >= 4 is 17.0 Å². The van der Waals surface area contributed by atoms with Gasteiger partial charge in [0.05, 0.1) is 12.0 Å². The van der Waals surface area contributed by atoms with Crippen molar-refractivity contribution in [1.29, 1.82) is 0 Å². The third kappa shape index (κ3) is 1.82. The van der Waals surface area contributed by atoms with Gasteiger partial charge in [-0.15, -0.1) is 6.42 Å². The number of H-pyrrole nitrogens is 1. The summed E-state index contributed by atoms with van der Waals surface area (Å²) in [7, 11) is 0. The van der Waals surface area contributed by atoms with E-state index >= 15 is 0 Å². The molecule has 1 aliphatic heterocycles. The topological polar surface area (TPSA) is 126 Å². The number of halogens is 1. The highest BCUT2D eigenvalue weighted by Gasteiger charge is 2.57. The van der Waals surface area contributed by atoms with Crippen molar-refractivity contribution in [2.45, 2.75) is 24.1 Å². The molecule has 5 N–H and O–H groups in total. The van der Waals surface area contributed by atoms with Crippen LogP contribution in [-0.4, -0.2) is 49.2 Å². The van der Waals surface area contributed by atoms with Crippen LogP contribution in [0.25, 0.3) is 11.0 Å². The first-order chi connectivity index (χ1) is 10.4. The molecule has 0 saturated carbocycles. The molecule has 2 aromatic heterocycles. The highest BCUT2D eigenvalue weighted by Crippen LogP contribution is 2.42. The Balaban J connectivity index is 2.19. The first-order valence-corrected chi connectivity index (χ1v) is 6.39. The minimum Gasteiger partial charge on any atom is -0.394 e. The fraction of sp³-hybridized carbons (Fsp3) is 0.385. The van der Waals surface area contributed by atoms with Gasteiger partial charge in [-0.1, -0.05) is 5.92 Å². The molecule has 1 fully saturated rings. The summed E-state index contributed by atoms with van der Waals surface area (Å²) in [4.78, 5) is 18.0. The van der Waals surface area contributed by atoms with Crippen LogP contribution >= 0.6 is 0 Å². The summed E-state index contributed by atoms with van der Waals surface area (Å²) in [6, 6.07) is 1.40. The summed E-state index contributed by atoms with van der Waals surface area (Å²) in [5, 5.41) is 19.3. The number of anilines is 1. The van der Waals surface area contributed by atoms with Crippen LogP contribution in [0.2, 0.25) is 0 Å². The van der Waals surface area contributed by atoms with E-state index in [0.29, 0.717) is 0 Å². The summed E-state index contributed by atoms with van der Waals surface area (Å²) >= 11 is 0. The lowest BCUT2D eigenvalue weighted by Gasteiger charge is -2.24. The molecule has 9 heteroatoms. The van der Waals surface area contributed by atoms with Gasteiger partial charge in [0.1, 0.15) is 12.2 Å². The molecule has 2 aromatic rings. The number of hydrogen-bond donors (Lipinski definition) is 4. The highest BCUT2D eigenvalue weighted by molar-refractivity contribution is 5.76. The van der Waals surface area contributed by atoms with E-state index in [1.54, 1.807) is 0 Å².